The zero-order valence-corrected chi connectivity index (χ0v) is 8.20. The minimum atomic E-state index is 0.333. The molecular weight excluding hydrogens is 178 g/mol. The molecule has 1 saturated heterocycles. The summed E-state index contributed by atoms with van der Waals surface area (Å²) in [4.78, 5) is 4.46. The van der Waals surface area contributed by atoms with Crippen molar-refractivity contribution in [2.24, 2.45) is 0 Å². The van der Waals surface area contributed by atoms with Gasteiger partial charge in [0, 0.05) is 5.92 Å². The fraction of sp³-hybridized carbons (Fsp3) is 0.800. The highest BCUT2D eigenvalue weighted by Crippen LogP contribution is 2.39. The molecule has 3 rings (SSSR count). The van der Waals surface area contributed by atoms with Crippen molar-refractivity contribution < 1.29 is 4.52 Å². The van der Waals surface area contributed by atoms with Crippen LogP contribution in [0.2, 0.25) is 0 Å². The Kier molecular flexibility index (Phi) is 2.01. The summed E-state index contributed by atoms with van der Waals surface area (Å²) in [6.07, 6.45) is 6.12. The second-order valence-electron chi connectivity index (χ2n) is 4.27. The Morgan fingerprint density at radius 1 is 1.21 bits per heavy atom. The summed E-state index contributed by atoms with van der Waals surface area (Å²) in [5, 5.41) is 7.48. The van der Waals surface area contributed by atoms with Crippen LogP contribution in [0.3, 0.4) is 0 Å². The van der Waals surface area contributed by atoms with E-state index >= 15 is 0 Å². The lowest BCUT2D eigenvalue weighted by atomic mass is 10.0. The maximum atomic E-state index is 5.24. The van der Waals surface area contributed by atoms with Crippen molar-refractivity contribution >= 4 is 0 Å². The monoisotopic (exact) mass is 193 g/mol. The predicted molar refractivity (Wildman–Crippen MR) is 50.9 cm³/mol. The molecule has 2 fully saturated rings. The molecule has 1 aliphatic carbocycles. The van der Waals surface area contributed by atoms with Crippen LogP contribution in [0.1, 0.15) is 55.8 Å². The van der Waals surface area contributed by atoms with Crippen LogP contribution in [0.4, 0.5) is 0 Å². The van der Waals surface area contributed by atoms with Crippen molar-refractivity contribution in [3.8, 4) is 0 Å². The summed E-state index contributed by atoms with van der Waals surface area (Å²) in [6, 6.07) is 0.333. The minimum Gasteiger partial charge on any atom is -0.339 e. The third kappa shape index (κ3) is 1.54. The van der Waals surface area contributed by atoms with Gasteiger partial charge in [0.1, 0.15) is 0 Å². The molecule has 0 spiro atoms. The summed E-state index contributed by atoms with van der Waals surface area (Å²) in [5.41, 5.74) is 0. The molecule has 4 heteroatoms. The van der Waals surface area contributed by atoms with Crippen molar-refractivity contribution in [3.05, 3.63) is 11.7 Å². The molecule has 2 heterocycles. The number of nitrogens with one attached hydrogen (secondary N) is 1. The van der Waals surface area contributed by atoms with Crippen LogP contribution in [0.5, 0.6) is 0 Å². The van der Waals surface area contributed by atoms with Crippen LogP contribution in [0, 0.1) is 0 Å². The van der Waals surface area contributed by atoms with Crippen molar-refractivity contribution in [2.75, 3.05) is 6.54 Å². The van der Waals surface area contributed by atoms with E-state index in [9.17, 15) is 0 Å². The van der Waals surface area contributed by atoms with E-state index in [4.69, 9.17) is 4.52 Å². The Bertz CT molecular complexity index is 313. The molecule has 1 atom stereocenters. The Morgan fingerprint density at radius 3 is 2.86 bits per heavy atom. The summed E-state index contributed by atoms with van der Waals surface area (Å²) in [6.45, 7) is 1.08. The lowest BCUT2D eigenvalue weighted by Gasteiger charge is -2.19. The van der Waals surface area contributed by atoms with Crippen LogP contribution in [-0.4, -0.2) is 16.7 Å². The normalized spacial score (nSPS) is 27.9. The standard InChI is InChI=1S/C10H15N3O/c1-2-6-11-8(3-1)9-12-10(14-13-9)7-4-5-7/h7-8,11H,1-6H2/t8-/m0/s1. The highest BCUT2D eigenvalue weighted by Gasteiger charge is 2.31. The van der Waals surface area contributed by atoms with E-state index in [0.29, 0.717) is 12.0 Å². The molecule has 0 bridgehead atoms. The third-order valence-electron chi connectivity index (χ3n) is 3.01. The average Bonchev–Trinajstić information content (AvgIpc) is 2.98. The van der Waals surface area contributed by atoms with Gasteiger partial charge in [0.25, 0.3) is 0 Å². The first kappa shape index (κ1) is 8.41. The van der Waals surface area contributed by atoms with E-state index in [2.05, 4.69) is 15.5 Å². The van der Waals surface area contributed by atoms with E-state index in [0.717, 1.165) is 24.7 Å². The maximum absolute atomic E-state index is 5.24. The van der Waals surface area contributed by atoms with Gasteiger partial charge in [-0.05, 0) is 32.2 Å². The smallest absolute Gasteiger partial charge is 0.229 e. The van der Waals surface area contributed by atoms with E-state index in [1.165, 1.54) is 25.7 Å². The summed E-state index contributed by atoms with van der Waals surface area (Å²) < 4.78 is 5.24. The SMILES string of the molecule is C1CC[C@@H](c2noc(C3CC3)n2)NC1. The number of aromatic nitrogens is 2. The molecule has 14 heavy (non-hydrogen) atoms. The Labute approximate surface area is 83.1 Å². The van der Waals surface area contributed by atoms with Gasteiger partial charge in [-0.3, -0.25) is 0 Å². The number of hydrogen-bond donors (Lipinski definition) is 1. The molecule has 1 aromatic heterocycles. The van der Waals surface area contributed by atoms with Gasteiger partial charge in [0.15, 0.2) is 5.82 Å². The topological polar surface area (TPSA) is 51.0 Å². The summed E-state index contributed by atoms with van der Waals surface area (Å²) in [5.74, 6) is 2.29. The van der Waals surface area contributed by atoms with Crippen LogP contribution in [-0.2, 0) is 0 Å². The van der Waals surface area contributed by atoms with Gasteiger partial charge in [-0.15, -0.1) is 0 Å². The average molecular weight is 193 g/mol. The van der Waals surface area contributed by atoms with Gasteiger partial charge in [-0.25, -0.2) is 0 Å². The molecule has 0 aromatic carbocycles. The number of hydrogen-bond acceptors (Lipinski definition) is 4. The van der Waals surface area contributed by atoms with Gasteiger partial charge >= 0.3 is 0 Å². The van der Waals surface area contributed by atoms with E-state index in [1.807, 2.05) is 0 Å². The first-order valence-corrected chi connectivity index (χ1v) is 5.50. The lowest BCUT2D eigenvalue weighted by Crippen LogP contribution is -2.27. The van der Waals surface area contributed by atoms with Crippen LogP contribution in [0.25, 0.3) is 0 Å². The summed E-state index contributed by atoms with van der Waals surface area (Å²) >= 11 is 0. The van der Waals surface area contributed by atoms with E-state index in [-0.39, 0.29) is 0 Å². The molecule has 1 aliphatic heterocycles. The molecule has 1 N–H and O–H groups in total. The number of piperidine rings is 1. The fourth-order valence-electron chi connectivity index (χ4n) is 1.96. The lowest BCUT2D eigenvalue weighted by molar-refractivity contribution is 0.349. The van der Waals surface area contributed by atoms with E-state index in [1.54, 1.807) is 0 Å². The van der Waals surface area contributed by atoms with Crippen LogP contribution >= 0.6 is 0 Å². The Balaban J connectivity index is 1.74. The highest BCUT2D eigenvalue weighted by molar-refractivity contribution is 5.04. The molecule has 0 radical (unpaired) electrons. The van der Waals surface area contributed by atoms with Crippen molar-refractivity contribution in [3.63, 3.8) is 0 Å². The molecule has 1 saturated carbocycles. The molecule has 4 nitrogen and oxygen atoms in total. The Morgan fingerprint density at radius 2 is 2.14 bits per heavy atom. The van der Waals surface area contributed by atoms with Gasteiger partial charge in [-0.1, -0.05) is 11.6 Å². The van der Waals surface area contributed by atoms with Crippen molar-refractivity contribution in [1.29, 1.82) is 0 Å². The first-order chi connectivity index (χ1) is 6.93. The molecule has 76 valence electrons. The van der Waals surface area contributed by atoms with Gasteiger partial charge < -0.3 is 9.84 Å². The Hall–Kier alpha value is -0.900. The second kappa shape index (κ2) is 3.35. The van der Waals surface area contributed by atoms with E-state index < -0.39 is 0 Å². The zero-order valence-electron chi connectivity index (χ0n) is 8.20. The molecule has 1 aromatic rings. The number of rotatable bonds is 2. The van der Waals surface area contributed by atoms with Crippen molar-refractivity contribution in [1.82, 2.24) is 15.5 Å². The first-order valence-electron chi connectivity index (χ1n) is 5.50. The molecular formula is C10H15N3O. The van der Waals surface area contributed by atoms with Gasteiger partial charge in [0.2, 0.25) is 5.89 Å². The van der Waals surface area contributed by atoms with Crippen molar-refractivity contribution in [2.45, 2.75) is 44.1 Å². The maximum Gasteiger partial charge on any atom is 0.229 e. The second-order valence-corrected chi connectivity index (χ2v) is 4.27. The van der Waals surface area contributed by atoms with Crippen LogP contribution in [0.15, 0.2) is 4.52 Å². The quantitative estimate of drug-likeness (QED) is 0.777. The predicted octanol–water partition coefficient (Wildman–Crippen LogP) is 1.76. The van der Waals surface area contributed by atoms with Gasteiger partial charge in [0.05, 0.1) is 6.04 Å². The molecule has 0 amide bonds. The number of nitrogens with zero attached hydrogens (tertiary/aromatic N) is 2. The summed E-state index contributed by atoms with van der Waals surface area (Å²) in [7, 11) is 0. The van der Waals surface area contributed by atoms with Crippen LogP contribution < -0.4 is 5.32 Å². The minimum absolute atomic E-state index is 0.333. The van der Waals surface area contributed by atoms with Gasteiger partial charge in [-0.2, -0.15) is 4.98 Å². The molecule has 0 unspecified atom stereocenters. The zero-order chi connectivity index (χ0) is 9.38. The molecule has 2 aliphatic rings. The fourth-order valence-corrected chi connectivity index (χ4v) is 1.96. The highest BCUT2D eigenvalue weighted by atomic mass is 16.5. The third-order valence-corrected chi connectivity index (χ3v) is 3.01. The largest absolute Gasteiger partial charge is 0.339 e.